The highest BCUT2D eigenvalue weighted by Crippen LogP contribution is 2.38. The van der Waals surface area contributed by atoms with Crippen molar-refractivity contribution in [2.75, 3.05) is 6.61 Å². The molecule has 0 fully saturated rings. The van der Waals surface area contributed by atoms with Crippen molar-refractivity contribution >= 4 is 39.3 Å². The zero-order valence-electron chi connectivity index (χ0n) is 9.82. The summed E-state index contributed by atoms with van der Waals surface area (Å²) in [5.41, 5.74) is 0.0143. The molecule has 0 saturated heterocycles. The quantitative estimate of drug-likeness (QED) is 0.768. The molecule has 1 aromatic heterocycles. The lowest BCUT2D eigenvalue weighted by molar-refractivity contribution is -0.139. The van der Waals surface area contributed by atoms with E-state index in [2.05, 4.69) is 0 Å². The van der Waals surface area contributed by atoms with Gasteiger partial charge in [-0.2, -0.15) is 0 Å². The molecule has 1 aromatic carbocycles. The summed E-state index contributed by atoms with van der Waals surface area (Å²) >= 11 is 0.834. The van der Waals surface area contributed by atoms with E-state index < -0.39 is 24.5 Å². The van der Waals surface area contributed by atoms with Gasteiger partial charge in [-0.1, -0.05) is 0 Å². The summed E-state index contributed by atoms with van der Waals surface area (Å²) in [5, 5.41) is 26.9. The molecule has 8 heteroatoms. The van der Waals surface area contributed by atoms with Crippen LogP contribution < -0.4 is 4.74 Å². The summed E-state index contributed by atoms with van der Waals surface area (Å²) in [6.45, 7) is -0.674. The second-order valence-corrected chi connectivity index (χ2v) is 4.82. The first-order chi connectivity index (χ1) is 9.40. The predicted molar refractivity (Wildman–Crippen MR) is 68.9 cm³/mol. The molecular weight excluding hydrogens is 288 g/mol. The third-order valence-electron chi connectivity index (χ3n) is 2.43. The van der Waals surface area contributed by atoms with Crippen LogP contribution in [0.3, 0.4) is 0 Å². The van der Waals surface area contributed by atoms with Crippen molar-refractivity contribution in [1.82, 2.24) is 0 Å². The molecule has 0 aliphatic heterocycles. The minimum atomic E-state index is -1.26. The molecule has 0 saturated carbocycles. The van der Waals surface area contributed by atoms with E-state index in [-0.39, 0.29) is 16.2 Å². The van der Waals surface area contributed by atoms with Crippen molar-refractivity contribution < 1.29 is 34.4 Å². The molecule has 0 aliphatic carbocycles. The summed E-state index contributed by atoms with van der Waals surface area (Å²) in [6.07, 6.45) is 0. The number of carboxylic acid groups (broad SMARTS) is 3. The fourth-order valence-electron chi connectivity index (χ4n) is 1.62. The van der Waals surface area contributed by atoms with Gasteiger partial charge < -0.3 is 20.1 Å². The van der Waals surface area contributed by atoms with Crippen molar-refractivity contribution in [3.05, 3.63) is 28.6 Å². The van der Waals surface area contributed by atoms with Gasteiger partial charge >= 0.3 is 17.9 Å². The molecule has 0 atom stereocenters. The Morgan fingerprint density at radius 1 is 1.10 bits per heavy atom. The van der Waals surface area contributed by atoms with Gasteiger partial charge in [0.05, 0.1) is 5.56 Å². The maximum Gasteiger partial charge on any atom is 0.349 e. The van der Waals surface area contributed by atoms with Gasteiger partial charge in [-0.15, -0.1) is 11.3 Å². The van der Waals surface area contributed by atoms with Gasteiger partial charge in [-0.3, -0.25) is 0 Å². The normalized spacial score (nSPS) is 10.4. The van der Waals surface area contributed by atoms with Crippen LogP contribution in [0.2, 0.25) is 0 Å². The second kappa shape index (κ2) is 5.17. The Balaban J connectivity index is 2.57. The number of carboxylic acids is 3. The van der Waals surface area contributed by atoms with Crippen LogP contribution in [0.25, 0.3) is 10.1 Å². The first kappa shape index (κ1) is 13.8. The van der Waals surface area contributed by atoms with E-state index in [1.807, 2.05) is 0 Å². The van der Waals surface area contributed by atoms with Crippen LogP contribution in [0.4, 0.5) is 0 Å². The lowest BCUT2D eigenvalue weighted by Crippen LogP contribution is -2.10. The van der Waals surface area contributed by atoms with Crippen LogP contribution in [0, 0.1) is 0 Å². The Morgan fingerprint density at radius 2 is 1.80 bits per heavy atom. The molecule has 1 heterocycles. The lowest BCUT2D eigenvalue weighted by Gasteiger charge is -2.03. The van der Waals surface area contributed by atoms with E-state index in [9.17, 15) is 14.4 Å². The van der Waals surface area contributed by atoms with Crippen LogP contribution in [0.15, 0.2) is 18.2 Å². The number of hydrogen-bond acceptors (Lipinski definition) is 5. The number of thiophene rings is 1. The number of aliphatic carboxylic acids is 1. The molecule has 7 nitrogen and oxygen atoms in total. The van der Waals surface area contributed by atoms with Gasteiger partial charge in [0, 0.05) is 10.1 Å². The predicted octanol–water partition coefficient (Wildman–Crippen LogP) is 1.76. The molecule has 0 radical (unpaired) electrons. The van der Waals surface area contributed by atoms with Crippen molar-refractivity contribution in [3.8, 4) is 5.75 Å². The van der Waals surface area contributed by atoms with E-state index >= 15 is 0 Å². The number of aromatic carboxylic acids is 2. The van der Waals surface area contributed by atoms with E-state index in [1.54, 1.807) is 0 Å². The van der Waals surface area contributed by atoms with Crippen LogP contribution in [0.1, 0.15) is 20.0 Å². The van der Waals surface area contributed by atoms with Crippen LogP contribution in [-0.4, -0.2) is 39.8 Å². The number of carbonyl (C=O) groups is 3. The topological polar surface area (TPSA) is 121 Å². The van der Waals surface area contributed by atoms with Crippen molar-refractivity contribution in [2.24, 2.45) is 0 Å². The maximum absolute atomic E-state index is 11.1. The second-order valence-electron chi connectivity index (χ2n) is 3.76. The molecule has 0 unspecified atom stereocenters. The number of hydrogen-bond donors (Lipinski definition) is 3. The third kappa shape index (κ3) is 2.54. The van der Waals surface area contributed by atoms with E-state index in [0.29, 0.717) is 10.1 Å². The van der Waals surface area contributed by atoms with Gasteiger partial charge in [0.2, 0.25) is 0 Å². The summed E-state index contributed by atoms with van der Waals surface area (Å²) < 4.78 is 5.40. The molecule has 0 amide bonds. The molecular formula is C12H8O7S. The highest BCUT2D eigenvalue weighted by molar-refractivity contribution is 7.21. The molecule has 0 aliphatic rings. The zero-order valence-corrected chi connectivity index (χ0v) is 10.6. The van der Waals surface area contributed by atoms with Crippen molar-refractivity contribution in [1.29, 1.82) is 0 Å². The Bertz CT molecular complexity index is 716. The fourth-order valence-corrected chi connectivity index (χ4v) is 2.65. The molecule has 20 heavy (non-hydrogen) atoms. The molecule has 2 rings (SSSR count). The fraction of sp³-hybridized carbons (Fsp3) is 0.0833. The Morgan fingerprint density at radius 3 is 2.35 bits per heavy atom. The Labute approximate surface area is 115 Å². The summed E-state index contributed by atoms with van der Waals surface area (Å²) in [4.78, 5) is 32.3. The summed E-state index contributed by atoms with van der Waals surface area (Å²) in [6, 6.07) is 4.03. The Hall–Kier alpha value is -2.61. The van der Waals surface area contributed by atoms with Crippen LogP contribution >= 0.6 is 11.3 Å². The maximum atomic E-state index is 11.1. The van der Waals surface area contributed by atoms with Crippen molar-refractivity contribution in [2.45, 2.75) is 0 Å². The van der Waals surface area contributed by atoms with Crippen LogP contribution in [-0.2, 0) is 4.79 Å². The molecule has 0 bridgehead atoms. The van der Waals surface area contributed by atoms with E-state index in [0.717, 1.165) is 11.3 Å². The number of ether oxygens (including phenoxy) is 1. The standard InChI is InChI=1S/C12H8O7S/c13-8(14)4-19-9-6-2-1-5(11(15)16)3-7(6)20-10(9)12(17)18/h1-3H,4H2,(H,13,14)(H,15,16)(H,17,18). The average Bonchev–Trinajstić information content (AvgIpc) is 2.73. The van der Waals surface area contributed by atoms with Gasteiger partial charge in [0.15, 0.2) is 17.2 Å². The number of rotatable bonds is 5. The van der Waals surface area contributed by atoms with Gasteiger partial charge in [0.25, 0.3) is 0 Å². The monoisotopic (exact) mass is 296 g/mol. The smallest absolute Gasteiger partial charge is 0.349 e. The minimum absolute atomic E-state index is 0.0143. The van der Waals surface area contributed by atoms with E-state index in [4.69, 9.17) is 20.1 Å². The highest BCUT2D eigenvalue weighted by Gasteiger charge is 2.21. The summed E-state index contributed by atoms with van der Waals surface area (Å²) in [7, 11) is 0. The largest absolute Gasteiger partial charge is 0.479 e. The highest BCUT2D eigenvalue weighted by atomic mass is 32.1. The first-order valence-corrected chi connectivity index (χ1v) is 6.09. The number of benzene rings is 1. The SMILES string of the molecule is O=C(O)COc1c(C(=O)O)sc2cc(C(=O)O)ccc12. The molecule has 0 spiro atoms. The summed E-state index contributed by atoms with van der Waals surface area (Å²) in [5.74, 6) is -3.69. The average molecular weight is 296 g/mol. The van der Waals surface area contributed by atoms with E-state index in [1.165, 1.54) is 18.2 Å². The minimum Gasteiger partial charge on any atom is -0.479 e. The van der Waals surface area contributed by atoms with Gasteiger partial charge in [0.1, 0.15) is 0 Å². The lowest BCUT2D eigenvalue weighted by atomic mass is 10.1. The van der Waals surface area contributed by atoms with Crippen molar-refractivity contribution in [3.63, 3.8) is 0 Å². The molecule has 104 valence electrons. The van der Waals surface area contributed by atoms with Gasteiger partial charge in [-0.05, 0) is 18.2 Å². The Kier molecular flexibility index (Phi) is 3.57. The third-order valence-corrected chi connectivity index (χ3v) is 3.55. The number of fused-ring (bicyclic) bond motifs is 1. The molecule has 3 N–H and O–H groups in total. The first-order valence-electron chi connectivity index (χ1n) is 5.28. The van der Waals surface area contributed by atoms with Gasteiger partial charge in [-0.25, -0.2) is 14.4 Å². The molecule has 2 aromatic rings. The van der Waals surface area contributed by atoms with Crippen LogP contribution in [0.5, 0.6) is 5.75 Å². The zero-order chi connectivity index (χ0) is 14.9.